The second-order valence-electron chi connectivity index (χ2n) is 6.73. The Kier molecular flexibility index (Phi) is 5.30. The highest BCUT2D eigenvalue weighted by atomic mass is 16.4. The van der Waals surface area contributed by atoms with Crippen molar-refractivity contribution >= 4 is 17.6 Å². The first-order valence-electron chi connectivity index (χ1n) is 8.95. The Hall–Kier alpha value is -3.42. The van der Waals surface area contributed by atoms with Gasteiger partial charge in [-0.25, -0.2) is 9.48 Å². The molecule has 2 N–H and O–H groups in total. The molecule has 1 amide bonds. The van der Waals surface area contributed by atoms with Gasteiger partial charge in [0, 0.05) is 24.8 Å². The standard InChI is InChI=1S/C20H23N5O3/c1-12-17(13(2)24(4)23-12)8-9-19(26)22-15-6-5-7-16(10-15)25-14(3)18(11-21-25)20(27)28/h5-7,10-11H,8-9H2,1-4H3,(H,22,26)(H,27,28). The first kappa shape index (κ1) is 19.3. The number of nitrogens with zero attached hydrogens (tertiary/aromatic N) is 4. The number of nitrogens with one attached hydrogen (secondary N) is 1. The summed E-state index contributed by atoms with van der Waals surface area (Å²) in [6, 6.07) is 7.16. The van der Waals surface area contributed by atoms with E-state index in [4.69, 9.17) is 0 Å². The quantitative estimate of drug-likeness (QED) is 0.684. The van der Waals surface area contributed by atoms with Crippen molar-refractivity contribution < 1.29 is 14.7 Å². The number of anilines is 1. The van der Waals surface area contributed by atoms with Crippen LogP contribution in [0.25, 0.3) is 5.69 Å². The van der Waals surface area contributed by atoms with Crippen LogP contribution in [0.1, 0.15) is 39.4 Å². The molecule has 0 bridgehead atoms. The van der Waals surface area contributed by atoms with Gasteiger partial charge in [0.25, 0.3) is 0 Å². The molecule has 8 nitrogen and oxygen atoms in total. The van der Waals surface area contributed by atoms with Crippen LogP contribution in [-0.2, 0) is 18.3 Å². The monoisotopic (exact) mass is 381 g/mol. The van der Waals surface area contributed by atoms with Crippen molar-refractivity contribution in [1.82, 2.24) is 19.6 Å². The maximum Gasteiger partial charge on any atom is 0.339 e. The topological polar surface area (TPSA) is 102 Å². The summed E-state index contributed by atoms with van der Waals surface area (Å²) in [5.41, 5.74) is 5.10. The summed E-state index contributed by atoms with van der Waals surface area (Å²) in [6.07, 6.45) is 2.29. The van der Waals surface area contributed by atoms with E-state index < -0.39 is 5.97 Å². The number of carbonyl (C=O) groups excluding carboxylic acids is 1. The summed E-state index contributed by atoms with van der Waals surface area (Å²) in [5.74, 6) is -1.11. The zero-order chi connectivity index (χ0) is 20.4. The van der Waals surface area contributed by atoms with E-state index in [0.717, 1.165) is 17.0 Å². The Morgan fingerprint density at radius 2 is 1.93 bits per heavy atom. The van der Waals surface area contributed by atoms with E-state index in [0.29, 0.717) is 29.9 Å². The van der Waals surface area contributed by atoms with Crippen LogP contribution >= 0.6 is 0 Å². The lowest BCUT2D eigenvalue weighted by Crippen LogP contribution is -2.13. The molecule has 0 unspecified atom stereocenters. The fraction of sp³-hybridized carbons (Fsp3) is 0.300. The van der Waals surface area contributed by atoms with Crippen molar-refractivity contribution in [2.24, 2.45) is 7.05 Å². The number of rotatable bonds is 6. The normalized spacial score (nSPS) is 10.9. The molecule has 0 aliphatic carbocycles. The maximum absolute atomic E-state index is 12.4. The van der Waals surface area contributed by atoms with Crippen molar-refractivity contribution in [1.29, 1.82) is 0 Å². The van der Waals surface area contributed by atoms with Crippen molar-refractivity contribution in [3.63, 3.8) is 0 Å². The van der Waals surface area contributed by atoms with Crippen LogP contribution in [0.15, 0.2) is 30.5 Å². The van der Waals surface area contributed by atoms with Crippen LogP contribution in [0.2, 0.25) is 0 Å². The van der Waals surface area contributed by atoms with Gasteiger partial charge in [-0.1, -0.05) is 6.07 Å². The average molecular weight is 381 g/mol. The fourth-order valence-electron chi connectivity index (χ4n) is 3.24. The lowest BCUT2D eigenvalue weighted by molar-refractivity contribution is -0.116. The highest BCUT2D eigenvalue weighted by Crippen LogP contribution is 2.19. The SMILES string of the molecule is Cc1nn(C)c(C)c1CCC(=O)Nc1cccc(-n2ncc(C(=O)O)c2C)c1. The summed E-state index contributed by atoms with van der Waals surface area (Å²) >= 11 is 0. The van der Waals surface area contributed by atoms with Crippen molar-refractivity contribution in [2.75, 3.05) is 5.32 Å². The minimum atomic E-state index is -1.02. The predicted molar refractivity (Wildman–Crippen MR) is 105 cm³/mol. The molecule has 2 heterocycles. The smallest absolute Gasteiger partial charge is 0.339 e. The molecule has 0 spiro atoms. The summed E-state index contributed by atoms with van der Waals surface area (Å²) in [7, 11) is 1.89. The van der Waals surface area contributed by atoms with Crippen LogP contribution in [-0.4, -0.2) is 36.5 Å². The minimum Gasteiger partial charge on any atom is -0.478 e. The van der Waals surface area contributed by atoms with Crippen LogP contribution in [0.4, 0.5) is 5.69 Å². The zero-order valence-corrected chi connectivity index (χ0v) is 16.4. The van der Waals surface area contributed by atoms with Gasteiger partial charge in [-0.15, -0.1) is 0 Å². The first-order chi connectivity index (χ1) is 13.3. The predicted octanol–water partition coefficient (Wildman–Crippen LogP) is 2.80. The third kappa shape index (κ3) is 3.80. The largest absolute Gasteiger partial charge is 0.478 e. The van der Waals surface area contributed by atoms with E-state index in [1.807, 2.05) is 31.6 Å². The van der Waals surface area contributed by atoms with Crippen LogP contribution in [0.3, 0.4) is 0 Å². The Bertz CT molecular complexity index is 1050. The van der Waals surface area contributed by atoms with Gasteiger partial charge >= 0.3 is 5.97 Å². The van der Waals surface area contributed by atoms with Crippen molar-refractivity contribution in [3.05, 3.63) is 58.7 Å². The van der Waals surface area contributed by atoms with Gasteiger partial charge in [-0.05, 0) is 51.0 Å². The van der Waals surface area contributed by atoms with Gasteiger partial charge in [-0.2, -0.15) is 10.2 Å². The molecule has 28 heavy (non-hydrogen) atoms. The minimum absolute atomic E-state index is 0.0942. The van der Waals surface area contributed by atoms with E-state index in [-0.39, 0.29) is 11.5 Å². The van der Waals surface area contributed by atoms with Crippen molar-refractivity contribution in [2.45, 2.75) is 33.6 Å². The number of hydrogen-bond donors (Lipinski definition) is 2. The fourth-order valence-corrected chi connectivity index (χ4v) is 3.24. The van der Waals surface area contributed by atoms with Gasteiger partial charge < -0.3 is 10.4 Å². The van der Waals surface area contributed by atoms with E-state index in [9.17, 15) is 14.7 Å². The molecule has 0 saturated carbocycles. The van der Waals surface area contributed by atoms with Crippen LogP contribution < -0.4 is 5.32 Å². The molecule has 2 aromatic heterocycles. The molecule has 0 atom stereocenters. The number of hydrogen-bond acceptors (Lipinski definition) is 4. The number of aromatic nitrogens is 4. The Morgan fingerprint density at radius 1 is 1.18 bits per heavy atom. The summed E-state index contributed by atoms with van der Waals surface area (Å²) in [5, 5.41) is 20.6. The number of amides is 1. The summed E-state index contributed by atoms with van der Waals surface area (Å²) < 4.78 is 3.37. The Balaban J connectivity index is 1.71. The molecule has 146 valence electrons. The van der Waals surface area contributed by atoms with Gasteiger partial charge in [0.1, 0.15) is 5.56 Å². The molecule has 0 aliphatic heterocycles. The van der Waals surface area contributed by atoms with Gasteiger partial charge in [0.2, 0.25) is 5.91 Å². The molecule has 8 heteroatoms. The van der Waals surface area contributed by atoms with E-state index in [2.05, 4.69) is 15.5 Å². The third-order valence-corrected chi connectivity index (χ3v) is 4.88. The molecule has 0 fully saturated rings. The molecule has 3 rings (SSSR count). The number of aryl methyl sites for hydroxylation is 2. The molecule has 3 aromatic rings. The number of benzene rings is 1. The number of carboxylic acid groups (broad SMARTS) is 1. The van der Waals surface area contributed by atoms with Gasteiger partial charge in [0.05, 0.1) is 23.3 Å². The maximum atomic E-state index is 12.4. The molecule has 0 radical (unpaired) electrons. The lowest BCUT2D eigenvalue weighted by Gasteiger charge is -2.09. The summed E-state index contributed by atoms with van der Waals surface area (Å²) in [6.45, 7) is 5.64. The second kappa shape index (κ2) is 7.67. The van der Waals surface area contributed by atoms with Crippen molar-refractivity contribution in [3.8, 4) is 5.69 Å². The number of carbonyl (C=O) groups is 2. The highest BCUT2D eigenvalue weighted by Gasteiger charge is 2.15. The zero-order valence-electron chi connectivity index (χ0n) is 16.4. The molecular weight excluding hydrogens is 358 g/mol. The van der Waals surface area contributed by atoms with E-state index in [1.165, 1.54) is 6.20 Å². The molecule has 1 aromatic carbocycles. The highest BCUT2D eigenvalue weighted by molar-refractivity contribution is 5.91. The lowest BCUT2D eigenvalue weighted by atomic mass is 10.1. The molecule has 0 aliphatic rings. The molecule has 0 saturated heterocycles. The summed E-state index contributed by atoms with van der Waals surface area (Å²) in [4.78, 5) is 23.6. The Labute approximate surface area is 162 Å². The average Bonchev–Trinajstić information content (AvgIpc) is 3.13. The third-order valence-electron chi connectivity index (χ3n) is 4.88. The Morgan fingerprint density at radius 3 is 2.54 bits per heavy atom. The number of carboxylic acids is 1. The van der Waals surface area contributed by atoms with Gasteiger partial charge in [-0.3, -0.25) is 9.48 Å². The van der Waals surface area contributed by atoms with Crippen LogP contribution in [0.5, 0.6) is 0 Å². The van der Waals surface area contributed by atoms with E-state index in [1.54, 1.807) is 29.8 Å². The van der Waals surface area contributed by atoms with E-state index >= 15 is 0 Å². The molecular formula is C20H23N5O3. The van der Waals surface area contributed by atoms with Crippen LogP contribution in [0, 0.1) is 20.8 Å². The first-order valence-corrected chi connectivity index (χ1v) is 8.95. The number of aromatic carboxylic acids is 1. The second-order valence-corrected chi connectivity index (χ2v) is 6.73. The van der Waals surface area contributed by atoms with Gasteiger partial charge in [0.15, 0.2) is 0 Å².